The van der Waals surface area contributed by atoms with Crippen molar-refractivity contribution in [2.75, 3.05) is 31.1 Å². The molecule has 2 N–H and O–H groups in total. The molecule has 0 aromatic rings. The monoisotopic (exact) mass is 226 g/mol. The molecule has 0 aliphatic rings. The molecule has 0 aromatic carbocycles. The Labute approximate surface area is 93.4 Å². The van der Waals surface area contributed by atoms with Gasteiger partial charge in [0.1, 0.15) is 0 Å². The number of rotatable bonds is 9. The van der Waals surface area contributed by atoms with Crippen LogP contribution in [0.15, 0.2) is 0 Å². The highest BCUT2D eigenvalue weighted by Crippen LogP contribution is 2.19. The third-order valence-corrected chi connectivity index (χ3v) is 3.84. The zero-order chi connectivity index (χ0) is 9.94. The zero-order valence-electron chi connectivity index (χ0n) is 8.93. The van der Waals surface area contributed by atoms with Crippen molar-refractivity contribution in [3.8, 4) is 0 Å². The molecule has 0 radical (unpaired) electrons. The maximum Gasteiger partial charge on any atom is 0.0162 e. The Hall–Kier alpha value is 0.620. The SMILES string of the molecule is CCNCCSSCCNC(C)C.[HH].[HH]. The first-order valence-corrected chi connectivity index (χ1v) is 7.44. The quantitative estimate of drug-likeness (QED) is 0.466. The maximum atomic E-state index is 3.40. The molecule has 0 unspecified atom stereocenters. The lowest BCUT2D eigenvalue weighted by Crippen LogP contribution is -2.24. The van der Waals surface area contributed by atoms with Gasteiger partial charge in [-0.2, -0.15) is 0 Å². The summed E-state index contributed by atoms with van der Waals surface area (Å²) >= 11 is 0. The van der Waals surface area contributed by atoms with Crippen molar-refractivity contribution in [3.05, 3.63) is 0 Å². The third-order valence-electron chi connectivity index (χ3n) is 1.43. The summed E-state index contributed by atoms with van der Waals surface area (Å²) in [5.74, 6) is 2.41. The summed E-state index contributed by atoms with van der Waals surface area (Å²) in [5.41, 5.74) is 0. The van der Waals surface area contributed by atoms with Crippen molar-refractivity contribution in [2.45, 2.75) is 26.8 Å². The molecule has 84 valence electrons. The largest absolute Gasteiger partial charge is 0.316 e. The van der Waals surface area contributed by atoms with Gasteiger partial charge in [-0.05, 0) is 6.54 Å². The van der Waals surface area contributed by atoms with Crippen molar-refractivity contribution in [1.29, 1.82) is 0 Å². The van der Waals surface area contributed by atoms with Crippen molar-refractivity contribution in [2.24, 2.45) is 0 Å². The highest BCUT2D eigenvalue weighted by atomic mass is 33.1. The van der Waals surface area contributed by atoms with Crippen molar-refractivity contribution in [1.82, 2.24) is 10.6 Å². The van der Waals surface area contributed by atoms with Gasteiger partial charge in [0.05, 0.1) is 0 Å². The topological polar surface area (TPSA) is 24.1 Å². The normalized spacial score (nSPS) is 11.1. The van der Waals surface area contributed by atoms with Crippen molar-refractivity contribution >= 4 is 21.6 Å². The lowest BCUT2D eigenvalue weighted by Gasteiger charge is -2.06. The van der Waals surface area contributed by atoms with E-state index in [9.17, 15) is 0 Å². The third kappa shape index (κ3) is 12.6. The molecule has 0 rings (SSSR count). The Balaban J connectivity index is -0.000000720. The van der Waals surface area contributed by atoms with Gasteiger partial charge in [0, 0.05) is 33.5 Å². The van der Waals surface area contributed by atoms with Crippen LogP contribution in [0.5, 0.6) is 0 Å². The fraction of sp³-hybridized carbons (Fsp3) is 1.00. The molecule has 0 aromatic heterocycles. The Kier molecular flexibility index (Phi) is 11.2. The van der Waals surface area contributed by atoms with Gasteiger partial charge in [-0.25, -0.2) is 0 Å². The van der Waals surface area contributed by atoms with E-state index in [1.807, 2.05) is 21.6 Å². The average molecular weight is 226 g/mol. The fourth-order valence-electron chi connectivity index (χ4n) is 0.798. The summed E-state index contributed by atoms with van der Waals surface area (Å²) in [6, 6.07) is 0.618. The second-order valence-corrected chi connectivity index (χ2v) is 5.81. The number of hydrogen-bond donors (Lipinski definition) is 2. The predicted molar refractivity (Wildman–Crippen MR) is 70.8 cm³/mol. The van der Waals surface area contributed by atoms with Gasteiger partial charge in [-0.3, -0.25) is 0 Å². The molecule has 0 heterocycles. The van der Waals surface area contributed by atoms with Crippen LogP contribution in [0.2, 0.25) is 0 Å². The molecular weight excluding hydrogens is 200 g/mol. The van der Waals surface area contributed by atoms with E-state index in [1.54, 1.807) is 0 Å². The molecular formula is C9H26N2S2. The molecule has 13 heavy (non-hydrogen) atoms. The Bertz CT molecular complexity index is 108. The smallest absolute Gasteiger partial charge is 0.0162 e. The van der Waals surface area contributed by atoms with E-state index in [2.05, 4.69) is 31.4 Å². The lowest BCUT2D eigenvalue weighted by molar-refractivity contribution is 0.616. The van der Waals surface area contributed by atoms with Crippen LogP contribution in [0.3, 0.4) is 0 Å². The first-order chi connectivity index (χ1) is 6.27. The van der Waals surface area contributed by atoms with Gasteiger partial charge in [0.2, 0.25) is 0 Å². The van der Waals surface area contributed by atoms with Gasteiger partial charge >= 0.3 is 0 Å². The van der Waals surface area contributed by atoms with Crippen LogP contribution < -0.4 is 10.6 Å². The molecule has 0 fully saturated rings. The summed E-state index contributed by atoms with van der Waals surface area (Å²) in [4.78, 5) is 0. The first kappa shape index (κ1) is 13.6. The fourth-order valence-corrected chi connectivity index (χ4v) is 2.67. The van der Waals surface area contributed by atoms with Crippen LogP contribution in [0.1, 0.15) is 23.6 Å². The summed E-state index contributed by atoms with van der Waals surface area (Å²) < 4.78 is 0. The Morgan fingerprint density at radius 3 is 2.31 bits per heavy atom. The Morgan fingerprint density at radius 2 is 1.77 bits per heavy atom. The molecule has 0 saturated carbocycles. The van der Waals surface area contributed by atoms with E-state index in [0.29, 0.717) is 6.04 Å². The first-order valence-electron chi connectivity index (χ1n) is 4.96. The van der Waals surface area contributed by atoms with Crippen LogP contribution >= 0.6 is 21.6 Å². The molecule has 0 bridgehead atoms. The minimum absolute atomic E-state index is 0. The zero-order valence-corrected chi connectivity index (χ0v) is 10.6. The van der Waals surface area contributed by atoms with E-state index < -0.39 is 0 Å². The molecule has 4 heteroatoms. The molecule has 0 saturated heterocycles. The second kappa shape index (κ2) is 10.7. The minimum Gasteiger partial charge on any atom is -0.316 e. The van der Waals surface area contributed by atoms with E-state index >= 15 is 0 Å². The maximum absolute atomic E-state index is 3.40. The van der Waals surface area contributed by atoms with E-state index in [4.69, 9.17) is 0 Å². The molecule has 0 spiro atoms. The van der Waals surface area contributed by atoms with Crippen LogP contribution in [0.4, 0.5) is 0 Å². The number of nitrogens with one attached hydrogen (secondary N) is 2. The molecule has 2 nitrogen and oxygen atoms in total. The van der Waals surface area contributed by atoms with Crippen LogP contribution in [-0.2, 0) is 0 Å². The average Bonchev–Trinajstić information content (AvgIpc) is 2.09. The summed E-state index contributed by atoms with van der Waals surface area (Å²) in [6.07, 6.45) is 0. The highest BCUT2D eigenvalue weighted by Gasteiger charge is 1.92. The molecule has 0 aliphatic carbocycles. The van der Waals surface area contributed by atoms with Gasteiger partial charge in [-0.1, -0.05) is 42.4 Å². The van der Waals surface area contributed by atoms with Crippen LogP contribution in [-0.4, -0.2) is 37.2 Å². The Morgan fingerprint density at radius 1 is 1.15 bits per heavy atom. The predicted octanol–water partition coefficient (Wildman–Crippen LogP) is 2.47. The number of hydrogen-bond acceptors (Lipinski definition) is 4. The summed E-state index contributed by atoms with van der Waals surface area (Å²) in [7, 11) is 3.92. The summed E-state index contributed by atoms with van der Waals surface area (Å²) in [5, 5.41) is 6.71. The lowest BCUT2D eigenvalue weighted by atomic mass is 10.4. The molecule has 0 aliphatic heterocycles. The van der Waals surface area contributed by atoms with Crippen molar-refractivity contribution < 1.29 is 2.85 Å². The van der Waals surface area contributed by atoms with Gasteiger partial charge < -0.3 is 10.6 Å². The van der Waals surface area contributed by atoms with Crippen LogP contribution in [0, 0.1) is 0 Å². The molecule has 0 atom stereocenters. The van der Waals surface area contributed by atoms with Crippen molar-refractivity contribution in [3.63, 3.8) is 0 Å². The van der Waals surface area contributed by atoms with E-state index in [1.165, 1.54) is 11.5 Å². The van der Waals surface area contributed by atoms with Crippen LogP contribution in [0.25, 0.3) is 0 Å². The van der Waals surface area contributed by atoms with Gasteiger partial charge in [0.15, 0.2) is 0 Å². The second-order valence-electron chi connectivity index (χ2n) is 3.11. The highest BCUT2D eigenvalue weighted by molar-refractivity contribution is 8.76. The van der Waals surface area contributed by atoms with E-state index in [0.717, 1.165) is 19.6 Å². The van der Waals surface area contributed by atoms with Gasteiger partial charge in [-0.15, -0.1) is 0 Å². The molecule has 0 amide bonds. The minimum atomic E-state index is 0. The summed E-state index contributed by atoms with van der Waals surface area (Å²) in [6.45, 7) is 9.85. The van der Waals surface area contributed by atoms with E-state index in [-0.39, 0.29) is 2.85 Å². The van der Waals surface area contributed by atoms with Gasteiger partial charge in [0.25, 0.3) is 0 Å². The standard InChI is InChI=1S/C9H22N2S2.2H2/c1-4-10-5-7-12-13-8-6-11-9(2)3;;/h9-11H,4-8H2,1-3H3;2*1H.